The quantitative estimate of drug-likeness (QED) is 0.141. The third kappa shape index (κ3) is 10.6. The van der Waals surface area contributed by atoms with E-state index < -0.39 is 0 Å². The van der Waals surface area contributed by atoms with E-state index in [2.05, 4.69) is 65.2 Å². The fraction of sp³-hybridized carbons (Fsp3) is 0. The number of aromatic nitrogens is 4. The molecular weight excluding hydrogens is 538 g/mol. The number of fused-ring (bicyclic) bond motifs is 8. The summed E-state index contributed by atoms with van der Waals surface area (Å²) in [6.45, 7) is 0. The predicted octanol–water partition coefficient (Wildman–Crippen LogP) is 1.53. The minimum absolute atomic E-state index is 0. The first-order chi connectivity index (χ1) is 17.5. The van der Waals surface area contributed by atoms with E-state index in [4.69, 9.17) is 30.5 Å². The monoisotopic (exact) mass is 552 g/mol. The van der Waals surface area contributed by atoms with Crippen LogP contribution in [0, 0.1) is 14.7 Å². The number of nitrogens with zero attached hydrogens (tertiary/aromatic N) is 5. The molecule has 0 aromatic carbocycles. The smallest absolute Gasteiger partial charge is 0.635 e. The van der Waals surface area contributed by atoms with Gasteiger partial charge in [-0.25, -0.2) is 9.97 Å². The largest absolute Gasteiger partial charge is 3.00 e. The molecule has 17 heteroatoms. The van der Waals surface area contributed by atoms with Crippen molar-refractivity contribution in [1.82, 2.24) is 19.9 Å². The van der Waals surface area contributed by atoms with E-state index in [1.807, 2.05) is 42.5 Å². The summed E-state index contributed by atoms with van der Waals surface area (Å²) in [4.78, 5) is 48.3. The van der Waals surface area contributed by atoms with Crippen molar-refractivity contribution in [3.8, 4) is 0 Å². The van der Waals surface area contributed by atoms with Crippen LogP contribution in [0.2, 0.25) is 0 Å². The van der Waals surface area contributed by atoms with E-state index in [9.17, 15) is 0 Å². The first kappa shape index (κ1) is 30.2. The predicted molar refractivity (Wildman–Crippen MR) is 119 cm³/mol. The van der Waals surface area contributed by atoms with Gasteiger partial charge in [0, 0.05) is 22.1 Å². The van der Waals surface area contributed by atoms with Gasteiger partial charge in [0.2, 0.25) is 0 Å². The van der Waals surface area contributed by atoms with Crippen molar-refractivity contribution >= 4 is 46.4 Å². The van der Waals surface area contributed by atoms with Crippen LogP contribution in [-0.2, 0) is 32.0 Å². The van der Waals surface area contributed by atoms with Gasteiger partial charge in [-0.1, -0.05) is 0 Å². The van der Waals surface area contributed by atoms with Crippen LogP contribution in [0.5, 0.6) is 0 Å². The van der Waals surface area contributed by atoms with E-state index in [1.165, 1.54) is 16.0 Å². The summed E-state index contributed by atoms with van der Waals surface area (Å²) in [7, 11) is 0. The molecule has 0 saturated carbocycles. The van der Waals surface area contributed by atoms with E-state index in [0.29, 0.717) is 0 Å². The minimum Gasteiger partial charge on any atom is -0.635 e. The van der Waals surface area contributed by atoms with Crippen molar-refractivity contribution in [1.29, 1.82) is 0 Å². The van der Waals surface area contributed by atoms with Crippen molar-refractivity contribution in [2.24, 2.45) is 16.0 Å². The topological polar surface area (TPSA) is 243 Å². The first-order valence-corrected chi connectivity index (χ1v) is 9.44. The van der Waals surface area contributed by atoms with Gasteiger partial charge in [-0.2, -0.15) is 0 Å². The Labute approximate surface area is 216 Å². The maximum atomic E-state index is 8.39. The third-order valence-corrected chi connectivity index (χ3v) is 4.13. The molecule has 1 radical (unpaired) electrons. The molecule has 3 aromatic heterocycles. The van der Waals surface area contributed by atoms with Gasteiger partial charge in [-0.3, -0.25) is 0 Å². The molecule has 0 atom stereocenters. The minimum atomic E-state index is 0. The normalized spacial score (nSPS) is 9.92. The number of nitrogens with one attached hydrogen (secondary N) is 2. The summed E-state index contributed by atoms with van der Waals surface area (Å²) >= 11 is 0. The average molecular weight is 552 g/mol. The van der Waals surface area contributed by atoms with Crippen molar-refractivity contribution in [2.75, 3.05) is 0 Å². The van der Waals surface area contributed by atoms with Crippen LogP contribution in [-0.4, -0.2) is 19.9 Å². The molecule has 16 nitrogen and oxygen atoms in total. The van der Waals surface area contributed by atoms with E-state index in [-0.39, 0.29) is 17.1 Å². The zero-order chi connectivity index (χ0) is 26.2. The molecule has 2 aliphatic heterocycles. The molecule has 0 fully saturated rings. The maximum Gasteiger partial charge on any atom is 3.00 e. The molecule has 5 rings (SSSR count). The molecular formula is C20H14FeN7O9. The number of hydrogen-bond acceptors (Lipinski definition) is 14. The molecule has 2 N–H and O–H groups in total. The number of H-pyrrole nitrogens is 2. The van der Waals surface area contributed by atoms with Crippen molar-refractivity contribution in [3.63, 3.8) is 0 Å². The molecule has 2 aliphatic rings. The summed E-state index contributed by atoms with van der Waals surface area (Å²) in [6.07, 6.45) is 8.05. The molecule has 0 saturated heterocycles. The van der Waals surface area contributed by atoms with Crippen LogP contribution in [0.4, 0.5) is 0 Å². The summed E-state index contributed by atoms with van der Waals surface area (Å²) in [5.74, 6) is 0. The van der Waals surface area contributed by atoms with Crippen LogP contribution in [0.25, 0.3) is 46.4 Å². The van der Waals surface area contributed by atoms with Gasteiger partial charge in [0.05, 0.1) is 22.8 Å². The second-order valence-corrected chi connectivity index (χ2v) is 6.35. The van der Waals surface area contributed by atoms with Gasteiger partial charge in [0.15, 0.2) is 0 Å². The number of aromatic amines is 2. The van der Waals surface area contributed by atoms with Gasteiger partial charge >= 0.3 is 17.1 Å². The van der Waals surface area contributed by atoms with Crippen molar-refractivity contribution in [2.45, 2.75) is 0 Å². The molecule has 5 heterocycles. The third-order valence-electron chi connectivity index (χ3n) is 4.13. The fourth-order valence-electron chi connectivity index (χ4n) is 2.94. The van der Waals surface area contributed by atoms with E-state index in [1.54, 1.807) is 0 Å². The van der Waals surface area contributed by atoms with Crippen LogP contribution >= 0.6 is 0 Å². The van der Waals surface area contributed by atoms with Crippen LogP contribution in [0.3, 0.4) is 0 Å². The van der Waals surface area contributed by atoms with Gasteiger partial charge in [0.1, 0.15) is 16.0 Å². The van der Waals surface area contributed by atoms with Crippen molar-refractivity contribution in [3.05, 3.63) is 86.0 Å². The van der Waals surface area contributed by atoms with Crippen LogP contribution < -0.4 is 15.8 Å². The SMILES string of the molecule is C1=Cc2cc3ccc(cc4ccc(cc5nc(cc1n2)C=C5)[nH]4)[nH]3.O=NO[O-].O=NO[O-].O=NO[O-].[Fe+3]. The maximum absolute atomic E-state index is 8.39. The Kier molecular flexibility index (Phi) is 13.7. The van der Waals surface area contributed by atoms with Gasteiger partial charge in [0.25, 0.3) is 0 Å². The zero-order valence-electron chi connectivity index (χ0n) is 18.2. The van der Waals surface area contributed by atoms with E-state index >= 15 is 0 Å². The molecule has 37 heavy (non-hydrogen) atoms. The molecule has 0 amide bonds. The standard InChI is InChI=1S/C20H14N4.Fe.3HNO3/c1-2-14-10-16-5-6-18(23-16)12-20-8-7-19(24-20)11-17-4-3-15(22-17)9-13(1)21-14;;3*2-1-4-3/h1-12,21-22H;;3*3H/q;+3;;;/p-3. The summed E-state index contributed by atoms with van der Waals surface area (Å²) in [6, 6.07) is 16.4. The van der Waals surface area contributed by atoms with Gasteiger partial charge in [-0.15, -0.1) is 14.7 Å². The molecule has 191 valence electrons. The van der Waals surface area contributed by atoms with Gasteiger partial charge < -0.3 is 40.7 Å². The molecule has 0 aliphatic carbocycles. The summed E-state index contributed by atoms with van der Waals surface area (Å²) in [5, 5.41) is 29.2. The second-order valence-electron chi connectivity index (χ2n) is 6.35. The average Bonchev–Trinajstić information content (AvgIpc) is 3.71. The molecule has 8 bridgehead atoms. The Morgan fingerprint density at radius 3 is 1.11 bits per heavy atom. The zero-order valence-corrected chi connectivity index (χ0v) is 19.3. The first-order valence-electron chi connectivity index (χ1n) is 9.44. The Bertz CT molecular complexity index is 1280. The second kappa shape index (κ2) is 16.8. The molecule has 3 aromatic rings. The van der Waals surface area contributed by atoms with E-state index in [0.717, 1.165) is 44.8 Å². The number of rotatable bonds is 3. The van der Waals surface area contributed by atoms with Crippen LogP contribution in [0.1, 0.15) is 22.8 Å². The molecule has 0 unspecified atom stereocenters. The Hall–Kier alpha value is -4.80. The van der Waals surface area contributed by atoms with Crippen LogP contribution in [0.15, 0.2) is 64.6 Å². The Morgan fingerprint density at radius 1 is 0.541 bits per heavy atom. The number of hydrogen-bond donors (Lipinski definition) is 2. The Balaban J connectivity index is 0.000000449. The Morgan fingerprint density at radius 2 is 0.811 bits per heavy atom. The van der Waals surface area contributed by atoms with Gasteiger partial charge in [-0.05, 0) is 72.8 Å². The molecule has 0 spiro atoms. The fourth-order valence-corrected chi connectivity index (χ4v) is 2.94. The summed E-state index contributed by atoms with van der Waals surface area (Å²) < 4.78 is 0. The summed E-state index contributed by atoms with van der Waals surface area (Å²) in [5.41, 5.74) is 7.86. The van der Waals surface area contributed by atoms with Crippen molar-refractivity contribution < 1.29 is 47.8 Å².